The van der Waals surface area contributed by atoms with E-state index >= 15 is 0 Å². The second-order valence-electron chi connectivity index (χ2n) is 4.02. The van der Waals surface area contributed by atoms with E-state index in [1.165, 1.54) is 0 Å². The zero-order valence-electron chi connectivity index (χ0n) is 10.9. The van der Waals surface area contributed by atoms with Crippen LogP contribution in [0.1, 0.15) is 11.4 Å². The molecule has 2 rings (SSSR count). The van der Waals surface area contributed by atoms with E-state index in [1.54, 1.807) is 6.20 Å². The van der Waals surface area contributed by atoms with Crippen LogP contribution in [-0.2, 0) is 0 Å². The molecule has 0 aromatic carbocycles. The molecule has 90 valence electrons. The normalized spacial score (nSPS) is 9.18. The van der Waals surface area contributed by atoms with Gasteiger partial charge >= 0.3 is 0 Å². The summed E-state index contributed by atoms with van der Waals surface area (Å²) in [5.41, 5.74) is 3.28. The van der Waals surface area contributed by atoms with Crippen molar-refractivity contribution in [1.29, 1.82) is 0 Å². The highest BCUT2D eigenvalue weighted by molar-refractivity contribution is 5.42. The standard InChI is InChI=1S/C8H12N2.C6H7N/c1-7-4-5-8(6-9-7)10(2)3;1-6-4-2-3-5-7-6/h4-6H,1-3H3;2-5H,1H3. The van der Waals surface area contributed by atoms with Gasteiger partial charge in [-0.05, 0) is 38.1 Å². The highest BCUT2D eigenvalue weighted by Crippen LogP contribution is 2.07. The molecule has 0 unspecified atom stereocenters. The van der Waals surface area contributed by atoms with Crippen LogP contribution in [0.3, 0.4) is 0 Å². The van der Waals surface area contributed by atoms with Crippen molar-refractivity contribution in [2.45, 2.75) is 13.8 Å². The van der Waals surface area contributed by atoms with Gasteiger partial charge in [-0.2, -0.15) is 0 Å². The van der Waals surface area contributed by atoms with Crippen LogP contribution in [0.25, 0.3) is 0 Å². The lowest BCUT2D eigenvalue weighted by Crippen LogP contribution is -2.08. The molecule has 3 nitrogen and oxygen atoms in total. The van der Waals surface area contributed by atoms with E-state index in [9.17, 15) is 0 Å². The summed E-state index contributed by atoms with van der Waals surface area (Å²) in [4.78, 5) is 10.2. The number of pyridine rings is 2. The summed E-state index contributed by atoms with van der Waals surface area (Å²) >= 11 is 0. The lowest BCUT2D eigenvalue weighted by Gasteiger charge is -2.10. The van der Waals surface area contributed by atoms with Crippen molar-refractivity contribution < 1.29 is 0 Å². The van der Waals surface area contributed by atoms with Gasteiger partial charge in [-0.15, -0.1) is 0 Å². The van der Waals surface area contributed by atoms with Gasteiger partial charge in [0.15, 0.2) is 0 Å². The molecule has 0 radical (unpaired) electrons. The van der Waals surface area contributed by atoms with Crippen LogP contribution in [0.4, 0.5) is 5.69 Å². The van der Waals surface area contributed by atoms with Crippen LogP contribution in [0.15, 0.2) is 42.7 Å². The van der Waals surface area contributed by atoms with Gasteiger partial charge in [0, 0.05) is 31.7 Å². The number of aromatic nitrogens is 2. The van der Waals surface area contributed by atoms with Crippen molar-refractivity contribution in [2.24, 2.45) is 0 Å². The van der Waals surface area contributed by atoms with E-state index in [0.29, 0.717) is 0 Å². The van der Waals surface area contributed by atoms with E-state index in [-0.39, 0.29) is 0 Å². The molecular formula is C14H19N3. The first kappa shape index (κ1) is 13.2. The lowest BCUT2D eigenvalue weighted by atomic mass is 10.3. The summed E-state index contributed by atoms with van der Waals surface area (Å²) in [7, 11) is 4.01. The summed E-state index contributed by atoms with van der Waals surface area (Å²) in [5.74, 6) is 0. The Balaban J connectivity index is 0.000000181. The first-order valence-corrected chi connectivity index (χ1v) is 5.57. The van der Waals surface area contributed by atoms with Crippen molar-refractivity contribution in [2.75, 3.05) is 19.0 Å². The van der Waals surface area contributed by atoms with Crippen LogP contribution in [0.5, 0.6) is 0 Å². The Hall–Kier alpha value is -1.90. The summed E-state index contributed by atoms with van der Waals surface area (Å²) < 4.78 is 0. The Labute approximate surface area is 103 Å². The molecule has 17 heavy (non-hydrogen) atoms. The molecule has 0 aliphatic carbocycles. The van der Waals surface area contributed by atoms with Crippen LogP contribution in [0.2, 0.25) is 0 Å². The van der Waals surface area contributed by atoms with Gasteiger partial charge in [-0.1, -0.05) is 6.07 Å². The predicted molar refractivity (Wildman–Crippen MR) is 72.3 cm³/mol. The summed E-state index contributed by atoms with van der Waals surface area (Å²) in [6.07, 6.45) is 3.66. The van der Waals surface area contributed by atoms with E-state index in [1.807, 2.05) is 63.3 Å². The third kappa shape index (κ3) is 5.11. The Morgan fingerprint density at radius 2 is 1.59 bits per heavy atom. The molecule has 0 amide bonds. The van der Waals surface area contributed by atoms with E-state index in [4.69, 9.17) is 0 Å². The molecule has 2 aromatic heterocycles. The van der Waals surface area contributed by atoms with Gasteiger partial charge in [-0.25, -0.2) is 0 Å². The van der Waals surface area contributed by atoms with Crippen molar-refractivity contribution in [3.8, 4) is 0 Å². The van der Waals surface area contributed by atoms with Gasteiger partial charge in [0.25, 0.3) is 0 Å². The Bertz CT molecular complexity index is 421. The van der Waals surface area contributed by atoms with Gasteiger partial charge in [-0.3, -0.25) is 9.97 Å². The number of hydrogen-bond acceptors (Lipinski definition) is 3. The van der Waals surface area contributed by atoms with E-state index < -0.39 is 0 Å². The maximum atomic E-state index is 4.16. The Morgan fingerprint density at radius 3 is 1.94 bits per heavy atom. The number of hydrogen-bond donors (Lipinski definition) is 0. The second kappa shape index (κ2) is 6.63. The minimum atomic E-state index is 1.06. The van der Waals surface area contributed by atoms with Crippen LogP contribution >= 0.6 is 0 Å². The summed E-state index contributed by atoms with van der Waals surface area (Å²) in [5, 5.41) is 0. The maximum Gasteiger partial charge on any atom is 0.0547 e. The highest BCUT2D eigenvalue weighted by Gasteiger charge is 1.92. The molecule has 0 spiro atoms. The third-order valence-electron chi connectivity index (χ3n) is 2.22. The minimum absolute atomic E-state index is 1.06. The largest absolute Gasteiger partial charge is 0.376 e. The minimum Gasteiger partial charge on any atom is -0.376 e. The number of aryl methyl sites for hydroxylation is 2. The topological polar surface area (TPSA) is 29.0 Å². The molecule has 0 fully saturated rings. The molecule has 2 aromatic rings. The molecule has 0 saturated carbocycles. The van der Waals surface area contributed by atoms with Crippen LogP contribution < -0.4 is 4.90 Å². The van der Waals surface area contributed by atoms with Gasteiger partial charge in [0.2, 0.25) is 0 Å². The van der Waals surface area contributed by atoms with E-state index in [2.05, 4.69) is 16.0 Å². The molecule has 0 atom stereocenters. The number of nitrogens with zero attached hydrogens (tertiary/aromatic N) is 3. The van der Waals surface area contributed by atoms with Crippen molar-refractivity contribution in [3.05, 3.63) is 54.1 Å². The fourth-order valence-corrected chi connectivity index (χ4v) is 1.17. The maximum absolute atomic E-state index is 4.16. The smallest absolute Gasteiger partial charge is 0.0547 e. The van der Waals surface area contributed by atoms with Crippen LogP contribution in [-0.4, -0.2) is 24.1 Å². The Kier molecular flexibility index (Phi) is 5.14. The predicted octanol–water partition coefficient (Wildman–Crippen LogP) is 2.85. The average molecular weight is 229 g/mol. The highest BCUT2D eigenvalue weighted by atomic mass is 15.1. The monoisotopic (exact) mass is 229 g/mol. The SMILES string of the molecule is Cc1ccc(N(C)C)cn1.Cc1ccccn1. The summed E-state index contributed by atoms with van der Waals surface area (Å²) in [6, 6.07) is 9.92. The van der Waals surface area contributed by atoms with Gasteiger partial charge in [0.05, 0.1) is 11.9 Å². The number of anilines is 1. The number of rotatable bonds is 1. The molecule has 0 aliphatic rings. The Morgan fingerprint density at radius 1 is 0.882 bits per heavy atom. The first-order chi connectivity index (χ1) is 8.09. The first-order valence-electron chi connectivity index (χ1n) is 5.57. The fraction of sp³-hybridized carbons (Fsp3) is 0.286. The summed E-state index contributed by atoms with van der Waals surface area (Å²) in [6.45, 7) is 3.96. The van der Waals surface area contributed by atoms with Crippen molar-refractivity contribution in [1.82, 2.24) is 9.97 Å². The zero-order chi connectivity index (χ0) is 12.7. The van der Waals surface area contributed by atoms with Gasteiger partial charge in [0.1, 0.15) is 0 Å². The van der Waals surface area contributed by atoms with Crippen molar-refractivity contribution >= 4 is 5.69 Å². The second-order valence-corrected chi connectivity index (χ2v) is 4.02. The fourth-order valence-electron chi connectivity index (χ4n) is 1.17. The van der Waals surface area contributed by atoms with Crippen molar-refractivity contribution in [3.63, 3.8) is 0 Å². The average Bonchev–Trinajstić information content (AvgIpc) is 2.31. The molecule has 0 saturated heterocycles. The molecular weight excluding hydrogens is 210 g/mol. The molecule has 0 N–H and O–H groups in total. The molecule has 2 heterocycles. The van der Waals surface area contributed by atoms with Crippen LogP contribution in [0, 0.1) is 13.8 Å². The lowest BCUT2D eigenvalue weighted by molar-refractivity contribution is 1.09. The van der Waals surface area contributed by atoms with Gasteiger partial charge < -0.3 is 4.90 Å². The molecule has 0 aliphatic heterocycles. The zero-order valence-corrected chi connectivity index (χ0v) is 10.9. The van der Waals surface area contributed by atoms with E-state index in [0.717, 1.165) is 17.1 Å². The molecule has 0 bridgehead atoms. The molecule has 3 heteroatoms. The quantitative estimate of drug-likeness (QED) is 0.753. The third-order valence-corrected chi connectivity index (χ3v) is 2.22.